The van der Waals surface area contributed by atoms with E-state index >= 15 is 0 Å². The van der Waals surface area contributed by atoms with Crippen LogP contribution in [0.25, 0.3) is 5.69 Å². The molecule has 3 N–H and O–H groups in total. The Morgan fingerprint density at radius 2 is 2.18 bits per heavy atom. The number of nitrogens with one attached hydrogen (secondary N) is 3. The van der Waals surface area contributed by atoms with Crippen LogP contribution in [-0.2, 0) is 4.79 Å². The fourth-order valence-electron chi connectivity index (χ4n) is 2.28. The molecule has 2 atom stereocenters. The van der Waals surface area contributed by atoms with Crippen molar-refractivity contribution in [1.82, 2.24) is 20.6 Å². The molecule has 0 spiro atoms. The molecule has 1 saturated heterocycles. The molecule has 2 unspecified atom stereocenters. The third-order valence-corrected chi connectivity index (χ3v) is 3.76. The maximum absolute atomic E-state index is 13.0. The van der Waals surface area contributed by atoms with Gasteiger partial charge in [0.05, 0.1) is 16.8 Å². The Kier molecular flexibility index (Phi) is 4.10. The zero-order valence-electron chi connectivity index (χ0n) is 11.8. The highest BCUT2D eigenvalue weighted by Crippen LogP contribution is 2.18. The largest absolute Gasteiger partial charge is 0.309 e. The number of nitrogens with zero attached hydrogens (tertiary/aromatic N) is 2. The second-order valence-electron chi connectivity index (χ2n) is 5.07. The van der Waals surface area contributed by atoms with E-state index in [0.29, 0.717) is 18.1 Å². The summed E-state index contributed by atoms with van der Waals surface area (Å²) < 4.78 is 14.6. The molecule has 1 aromatic heterocycles. The molecule has 1 aliphatic heterocycles. The molecule has 22 heavy (non-hydrogen) atoms. The van der Waals surface area contributed by atoms with Crippen molar-refractivity contribution >= 4 is 23.3 Å². The number of carbonyl (C=O) groups excluding carboxylic acids is 1. The van der Waals surface area contributed by atoms with E-state index in [1.165, 1.54) is 12.1 Å². The van der Waals surface area contributed by atoms with Crippen molar-refractivity contribution in [2.75, 3.05) is 11.9 Å². The summed E-state index contributed by atoms with van der Waals surface area (Å²) in [6.45, 7) is 2.32. The number of carbonyl (C=O) groups is 1. The zero-order valence-corrected chi connectivity index (χ0v) is 12.6. The van der Waals surface area contributed by atoms with E-state index in [1.54, 1.807) is 22.9 Å². The summed E-state index contributed by atoms with van der Waals surface area (Å²) in [7, 11) is 0. The van der Waals surface area contributed by atoms with Gasteiger partial charge in [-0.05, 0) is 31.2 Å². The highest BCUT2D eigenvalue weighted by atomic mass is 35.5. The van der Waals surface area contributed by atoms with E-state index in [4.69, 9.17) is 11.6 Å². The van der Waals surface area contributed by atoms with Crippen LogP contribution in [0.1, 0.15) is 5.69 Å². The van der Waals surface area contributed by atoms with E-state index in [0.717, 1.165) is 5.69 Å². The molecule has 6 nitrogen and oxygen atoms in total. The Morgan fingerprint density at radius 1 is 1.45 bits per heavy atom. The minimum absolute atomic E-state index is 0.256. The smallest absolute Gasteiger partial charge is 0.245 e. The van der Waals surface area contributed by atoms with E-state index < -0.39 is 6.04 Å². The Morgan fingerprint density at radius 3 is 2.82 bits per heavy atom. The second kappa shape index (κ2) is 6.04. The zero-order chi connectivity index (χ0) is 15.7. The lowest BCUT2D eigenvalue weighted by Crippen LogP contribution is -2.42. The number of hydrogen-bond donors (Lipinski definition) is 3. The maximum atomic E-state index is 13.0. The number of halogens is 2. The average Bonchev–Trinajstić information content (AvgIpc) is 3.06. The molecule has 3 rings (SSSR count). The van der Waals surface area contributed by atoms with Gasteiger partial charge in [0.1, 0.15) is 17.7 Å². The highest BCUT2D eigenvalue weighted by molar-refractivity contribution is 6.23. The van der Waals surface area contributed by atoms with Gasteiger partial charge in [-0.25, -0.2) is 14.5 Å². The predicted octanol–water partition coefficient (Wildman–Crippen LogP) is 1.34. The summed E-state index contributed by atoms with van der Waals surface area (Å²) in [5.41, 5.74) is 7.06. The quantitative estimate of drug-likeness (QED) is 0.746. The number of hydrogen-bond acceptors (Lipinski definition) is 4. The van der Waals surface area contributed by atoms with Crippen LogP contribution in [0.2, 0.25) is 0 Å². The molecule has 8 heteroatoms. The molecule has 0 radical (unpaired) electrons. The van der Waals surface area contributed by atoms with Gasteiger partial charge in [0, 0.05) is 12.6 Å². The molecule has 0 aliphatic carbocycles. The van der Waals surface area contributed by atoms with Gasteiger partial charge in [-0.2, -0.15) is 5.10 Å². The predicted molar refractivity (Wildman–Crippen MR) is 81.5 cm³/mol. The molecular formula is C14H15ClFN5O. The SMILES string of the molecule is Cc1cc(NC(=O)C2NNCC2Cl)n(-c2ccc(F)cc2)n1. The van der Waals surface area contributed by atoms with Gasteiger partial charge < -0.3 is 5.32 Å². The van der Waals surface area contributed by atoms with Crippen LogP contribution in [-0.4, -0.2) is 33.7 Å². The summed E-state index contributed by atoms with van der Waals surface area (Å²) in [5.74, 6) is -0.0793. The maximum Gasteiger partial charge on any atom is 0.245 e. The molecule has 2 heterocycles. The first-order chi connectivity index (χ1) is 10.5. The average molecular weight is 324 g/mol. The number of amides is 1. The number of benzene rings is 1. The van der Waals surface area contributed by atoms with Crippen LogP contribution in [0, 0.1) is 12.7 Å². The first-order valence-electron chi connectivity index (χ1n) is 6.80. The van der Waals surface area contributed by atoms with Crippen LogP contribution >= 0.6 is 11.6 Å². The van der Waals surface area contributed by atoms with Crippen LogP contribution in [0.3, 0.4) is 0 Å². The fourth-order valence-corrected chi connectivity index (χ4v) is 2.53. The van der Waals surface area contributed by atoms with Crippen LogP contribution in [0.5, 0.6) is 0 Å². The minimum atomic E-state index is -0.529. The molecule has 2 aromatic rings. The van der Waals surface area contributed by atoms with Crippen LogP contribution in [0.15, 0.2) is 30.3 Å². The van der Waals surface area contributed by atoms with Crippen molar-refractivity contribution in [2.45, 2.75) is 18.3 Å². The molecule has 0 saturated carbocycles. The number of aryl methyl sites for hydroxylation is 1. The van der Waals surface area contributed by atoms with Crippen molar-refractivity contribution in [3.63, 3.8) is 0 Å². The van der Waals surface area contributed by atoms with Gasteiger partial charge >= 0.3 is 0 Å². The van der Waals surface area contributed by atoms with E-state index in [-0.39, 0.29) is 17.1 Å². The van der Waals surface area contributed by atoms with Gasteiger partial charge in [0.25, 0.3) is 0 Å². The Balaban J connectivity index is 1.85. The van der Waals surface area contributed by atoms with Gasteiger partial charge in [-0.3, -0.25) is 10.2 Å². The monoisotopic (exact) mass is 323 g/mol. The molecule has 116 valence electrons. The van der Waals surface area contributed by atoms with E-state index in [1.807, 2.05) is 6.92 Å². The third kappa shape index (κ3) is 2.96. The molecule has 1 aliphatic rings. The first kappa shape index (κ1) is 15.0. The summed E-state index contributed by atoms with van der Waals surface area (Å²) in [4.78, 5) is 12.3. The Labute approximate surface area is 131 Å². The van der Waals surface area contributed by atoms with Gasteiger partial charge in [0.15, 0.2) is 0 Å². The summed E-state index contributed by atoms with van der Waals surface area (Å²) in [5, 5.41) is 6.79. The molecule has 1 amide bonds. The standard InChI is InChI=1S/C14H15ClFN5O/c1-8-6-12(18-14(22)13-11(15)7-17-19-13)21(20-8)10-4-2-9(16)3-5-10/h2-6,11,13,17,19H,7H2,1H3,(H,18,22). The normalized spacial score (nSPS) is 21.0. The van der Waals surface area contributed by atoms with Gasteiger partial charge in [0.2, 0.25) is 5.91 Å². The van der Waals surface area contributed by atoms with Gasteiger partial charge in [-0.1, -0.05) is 0 Å². The van der Waals surface area contributed by atoms with E-state index in [9.17, 15) is 9.18 Å². The van der Waals surface area contributed by atoms with Gasteiger partial charge in [-0.15, -0.1) is 11.6 Å². The van der Waals surface area contributed by atoms with Crippen molar-refractivity contribution in [1.29, 1.82) is 0 Å². The summed E-state index contributed by atoms with van der Waals surface area (Å²) >= 11 is 6.07. The number of alkyl halides is 1. The topological polar surface area (TPSA) is 71.0 Å². The number of anilines is 1. The Bertz CT molecular complexity index is 687. The van der Waals surface area contributed by atoms with E-state index in [2.05, 4.69) is 21.3 Å². The lowest BCUT2D eigenvalue weighted by molar-refractivity contribution is -0.117. The Hall–Kier alpha value is -1.96. The fraction of sp³-hybridized carbons (Fsp3) is 0.286. The molecule has 0 bridgehead atoms. The molecular weight excluding hydrogens is 309 g/mol. The lowest BCUT2D eigenvalue weighted by atomic mass is 10.2. The molecule has 1 aromatic carbocycles. The number of rotatable bonds is 3. The van der Waals surface area contributed by atoms with Crippen molar-refractivity contribution in [3.8, 4) is 5.69 Å². The van der Waals surface area contributed by atoms with Crippen molar-refractivity contribution < 1.29 is 9.18 Å². The van der Waals surface area contributed by atoms with Crippen LogP contribution < -0.4 is 16.2 Å². The van der Waals surface area contributed by atoms with Crippen LogP contribution in [0.4, 0.5) is 10.2 Å². The van der Waals surface area contributed by atoms with Crippen molar-refractivity contribution in [3.05, 3.63) is 41.8 Å². The molecule has 1 fully saturated rings. The summed E-state index contributed by atoms with van der Waals surface area (Å²) in [6.07, 6.45) is 0. The number of aromatic nitrogens is 2. The second-order valence-corrected chi connectivity index (χ2v) is 5.63. The highest BCUT2D eigenvalue weighted by Gasteiger charge is 2.31. The lowest BCUT2D eigenvalue weighted by Gasteiger charge is -2.14. The first-order valence-corrected chi connectivity index (χ1v) is 7.24. The van der Waals surface area contributed by atoms with Crippen molar-refractivity contribution in [2.24, 2.45) is 0 Å². The number of hydrazine groups is 1. The third-order valence-electron chi connectivity index (χ3n) is 3.35. The minimum Gasteiger partial charge on any atom is -0.309 e. The summed E-state index contributed by atoms with van der Waals surface area (Å²) in [6, 6.07) is 7.09.